The minimum absolute atomic E-state index is 0.282. The standard InChI is InChI=1S/C10H15NOS2/c12-9(10-1-4-11-14-10)7-8-2-5-13-6-3-8/h1,4,8-9,12H,2-3,5-7H2. The van der Waals surface area contributed by atoms with Crippen molar-refractivity contribution in [2.45, 2.75) is 25.4 Å². The molecule has 1 aliphatic rings. The van der Waals surface area contributed by atoms with Crippen molar-refractivity contribution in [2.75, 3.05) is 11.5 Å². The lowest BCUT2D eigenvalue weighted by molar-refractivity contribution is 0.144. The van der Waals surface area contributed by atoms with E-state index < -0.39 is 0 Å². The van der Waals surface area contributed by atoms with Gasteiger partial charge in [-0.15, -0.1) is 0 Å². The molecule has 78 valence electrons. The minimum Gasteiger partial charge on any atom is -0.388 e. The Morgan fingerprint density at radius 1 is 1.50 bits per heavy atom. The molecule has 0 saturated carbocycles. The average Bonchev–Trinajstić information content (AvgIpc) is 2.72. The van der Waals surface area contributed by atoms with E-state index in [0.717, 1.165) is 11.3 Å². The van der Waals surface area contributed by atoms with Crippen molar-refractivity contribution in [3.63, 3.8) is 0 Å². The topological polar surface area (TPSA) is 33.1 Å². The van der Waals surface area contributed by atoms with Gasteiger partial charge in [-0.3, -0.25) is 0 Å². The molecule has 1 aromatic rings. The van der Waals surface area contributed by atoms with Crippen LogP contribution in [0.1, 0.15) is 30.2 Å². The zero-order valence-corrected chi connectivity index (χ0v) is 9.69. The van der Waals surface area contributed by atoms with Crippen LogP contribution in [0.3, 0.4) is 0 Å². The number of nitrogens with zero attached hydrogens (tertiary/aromatic N) is 1. The largest absolute Gasteiger partial charge is 0.388 e. The lowest BCUT2D eigenvalue weighted by Gasteiger charge is -2.23. The SMILES string of the molecule is OC(CC1CCSCC1)c1ccns1. The first kappa shape index (κ1) is 10.5. The summed E-state index contributed by atoms with van der Waals surface area (Å²) in [6.07, 6.45) is 4.93. The molecule has 2 nitrogen and oxygen atoms in total. The predicted octanol–water partition coefficient (Wildman–Crippen LogP) is 2.71. The second-order valence-corrected chi connectivity index (χ2v) is 5.81. The smallest absolute Gasteiger partial charge is 0.0900 e. The molecule has 0 aliphatic carbocycles. The molecule has 0 bridgehead atoms. The highest BCUT2D eigenvalue weighted by Gasteiger charge is 2.19. The van der Waals surface area contributed by atoms with E-state index in [-0.39, 0.29) is 6.10 Å². The van der Waals surface area contributed by atoms with E-state index in [0.29, 0.717) is 5.92 Å². The lowest BCUT2D eigenvalue weighted by atomic mass is 9.95. The second kappa shape index (κ2) is 5.14. The van der Waals surface area contributed by atoms with Gasteiger partial charge in [0.25, 0.3) is 0 Å². The minimum atomic E-state index is -0.282. The third-order valence-electron chi connectivity index (χ3n) is 2.68. The molecular weight excluding hydrogens is 214 g/mol. The number of hydrogen-bond donors (Lipinski definition) is 1. The highest BCUT2D eigenvalue weighted by Crippen LogP contribution is 2.31. The van der Waals surface area contributed by atoms with Gasteiger partial charge in [-0.25, -0.2) is 4.37 Å². The molecule has 1 atom stereocenters. The highest BCUT2D eigenvalue weighted by molar-refractivity contribution is 7.99. The van der Waals surface area contributed by atoms with Gasteiger partial charge in [0.2, 0.25) is 0 Å². The Morgan fingerprint density at radius 3 is 2.93 bits per heavy atom. The summed E-state index contributed by atoms with van der Waals surface area (Å²) in [5, 5.41) is 9.93. The van der Waals surface area contributed by atoms with Crippen LogP contribution in [0.5, 0.6) is 0 Å². The van der Waals surface area contributed by atoms with Crippen molar-refractivity contribution in [3.05, 3.63) is 17.1 Å². The Bertz CT molecular complexity index is 257. The lowest BCUT2D eigenvalue weighted by Crippen LogP contribution is -2.12. The molecule has 0 aromatic carbocycles. The molecule has 2 rings (SSSR count). The van der Waals surface area contributed by atoms with Crippen molar-refractivity contribution in [1.29, 1.82) is 0 Å². The van der Waals surface area contributed by atoms with Crippen molar-refractivity contribution in [2.24, 2.45) is 5.92 Å². The van der Waals surface area contributed by atoms with Crippen LogP contribution < -0.4 is 0 Å². The van der Waals surface area contributed by atoms with Gasteiger partial charge in [0.1, 0.15) is 0 Å². The molecule has 1 aliphatic heterocycles. The number of aliphatic hydroxyl groups is 1. The summed E-state index contributed by atoms with van der Waals surface area (Å²) >= 11 is 3.45. The van der Waals surface area contributed by atoms with E-state index in [2.05, 4.69) is 4.37 Å². The van der Waals surface area contributed by atoms with Gasteiger partial charge < -0.3 is 5.11 Å². The van der Waals surface area contributed by atoms with Gasteiger partial charge in [-0.1, -0.05) is 0 Å². The zero-order chi connectivity index (χ0) is 9.80. The third-order valence-corrected chi connectivity index (χ3v) is 4.58. The number of aliphatic hydroxyl groups excluding tert-OH is 1. The van der Waals surface area contributed by atoms with Crippen molar-refractivity contribution in [3.8, 4) is 0 Å². The second-order valence-electron chi connectivity index (χ2n) is 3.72. The van der Waals surface area contributed by atoms with Crippen LogP contribution in [-0.2, 0) is 0 Å². The van der Waals surface area contributed by atoms with Crippen LogP contribution in [0.15, 0.2) is 12.3 Å². The molecular formula is C10H15NOS2. The van der Waals surface area contributed by atoms with E-state index in [1.807, 2.05) is 17.8 Å². The van der Waals surface area contributed by atoms with Gasteiger partial charge in [0.05, 0.1) is 11.0 Å². The third kappa shape index (κ3) is 2.72. The highest BCUT2D eigenvalue weighted by atomic mass is 32.2. The Hall–Kier alpha value is -0.0600. The summed E-state index contributed by atoms with van der Waals surface area (Å²) in [6, 6.07) is 1.92. The Labute approximate surface area is 92.9 Å². The Balaban J connectivity index is 1.84. The summed E-state index contributed by atoms with van der Waals surface area (Å²) < 4.78 is 4.01. The average molecular weight is 229 g/mol. The van der Waals surface area contributed by atoms with Gasteiger partial charge in [0, 0.05) is 6.20 Å². The summed E-state index contributed by atoms with van der Waals surface area (Å²) in [7, 11) is 0. The van der Waals surface area contributed by atoms with Crippen LogP contribution >= 0.6 is 23.3 Å². The summed E-state index contributed by atoms with van der Waals surface area (Å²) in [6.45, 7) is 0. The van der Waals surface area contributed by atoms with E-state index >= 15 is 0 Å². The van der Waals surface area contributed by atoms with Crippen LogP contribution in [0.4, 0.5) is 0 Å². The van der Waals surface area contributed by atoms with Gasteiger partial charge in [-0.2, -0.15) is 11.8 Å². The molecule has 1 aromatic heterocycles. The van der Waals surface area contributed by atoms with Crippen molar-refractivity contribution >= 4 is 23.3 Å². The van der Waals surface area contributed by atoms with Crippen LogP contribution in [0, 0.1) is 5.92 Å². The molecule has 1 unspecified atom stereocenters. The zero-order valence-electron chi connectivity index (χ0n) is 8.06. The van der Waals surface area contributed by atoms with Gasteiger partial charge in [-0.05, 0) is 54.3 Å². The summed E-state index contributed by atoms with van der Waals surface area (Å²) in [5.74, 6) is 3.24. The van der Waals surface area contributed by atoms with Crippen molar-refractivity contribution < 1.29 is 5.11 Å². The molecule has 1 fully saturated rings. The quantitative estimate of drug-likeness (QED) is 0.865. The van der Waals surface area contributed by atoms with Gasteiger partial charge >= 0.3 is 0 Å². The first-order chi connectivity index (χ1) is 6.86. The summed E-state index contributed by atoms with van der Waals surface area (Å²) in [5.41, 5.74) is 0. The molecule has 2 heterocycles. The molecule has 4 heteroatoms. The van der Waals surface area contributed by atoms with Crippen LogP contribution in [-0.4, -0.2) is 21.0 Å². The molecule has 1 saturated heterocycles. The first-order valence-corrected chi connectivity index (χ1v) is 6.95. The maximum atomic E-state index is 9.93. The van der Waals surface area contributed by atoms with E-state index in [4.69, 9.17) is 0 Å². The summed E-state index contributed by atoms with van der Waals surface area (Å²) in [4.78, 5) is 1.02. The molecule has 0 spiro atoms. The van der Waals surface area contributed by atoms with Gasteiger partial charge in [0.15, 0.2) is 0 Å². The molecule has 0 amide bonds. The Kier molecular flexibility index (Phi) is 3.84. The fraction of sp³-hybridized carbons (Fsp3) is 0.700. The van der Waals surface area contributed by atoms with E-state index in [9.17, 15) is 5.11 Å². The van der Waals surface area contributed by atoms with Crippen molar-refractivity contribution in [1.82, 2.24) is 4.37 Å². The van der Waals surface area contributed by atoms with Crippen LogP contribution in [0.25, 0.3) is 0 Å². The molecule has 0 radical (unpaired) electrons. The molecule has 14 heavy (non-hydrogen) atoms. The number of aromatic nitrogens is 1. The predicted molar refractivity (Wildman–Crippen MR) is 61.7 cm³/mol. The van der Waals surface area contributed by atoms with E-state index in [1.165, 1.54) is 35.9 Å². The number of rotatable bonds is 3. The maximum Gasteiger partial charge on any atom is 0.0900 e. The first-order valence-electron chi connectivity index (χ1n) is 5.02. The Morgan fingerprint density at radius 2 is 2.29 bits per heavy atom. The molecule has 1 N–H and O–H groups in total. The fourth-order valence-corrected chi connectivity index (χ4v) is 3.60. The number of thioether (sulfide) groups is 1. The maximum absolute atomic E-state index is 9.93. The normalized spacial score (nSPS) is 20.9. The fourth-order valence-electron chi connectivity index (χ4n) is 1.81. The number of hydrogen-bond acceptors (Lipinski definition) is 4. The monoisotopic (exact) mass is 229 g/mol. The van der Waals surface area contributed by atoms with E-state index in [1.54, 1.807) is 6.20 Å². The van der Waals surface area contributed by atoms with Crippen LogP contribution in [0.2, 0.25) is 0 Å².